The maximum Gasteiger partial charge on any atom is 0.398 e. The molecule has 0 aromatic heterocycles. The summed E-state index contributed by atoms with van der Waals surface area (Å²) >= 11 is 0. The van der Waals surface area contributed by atoms with Crippen LogP contribution in [0.1, 0.15) is 6.42 Å². The molecule has 3 rings (SSSR count). The smallest absolute Gasteiger partial charge is 0.373 e. The molecular weight excluding hydrogens is 378 g/mol. The maximum atomic E-state index is 12.8. The summed E-state index contributed by atoms with van der Waals surface area (Å²) in [5.41, 5.74) is 3.76. The van der Waals surface area contributed by atoms with E-state index in [4.69, 9.17) is 21.6 Å². The average Bonchev–Trinajstić information content (AvgIpc) is 3.02. The number of Topliss-reactive ketones (excluding diaryl/α,β-unsaturated/α-hetero) is 1. The summed E-state index contributed by atoms with van der Waals surface area (Å²) < 4.78 is 35.2. The van der Waals surface area contributed by atoms with Gasteiger partial charge in [-0.05, 0) is 0 Å². The number of carbonyl (C=O) groups is 2. The lowest BCUT2D eigenvalue weighted by atomic mass is 9.87. The molecule has 0 saturated carbocycles. The second-order valence-electron chi connectivity index (χ2n) is 5.77. The first-order valence-corrected chi connectivity index (χ1v) is 8.43. The van der Waals surface area contributed by atoms with Gasteiger partial charge >= 0.3 is 16.4 Å². The quantitative estimate of drug-likeness (QED) is 0.197. The molecule has 144 valence electrons. The van der Waals surface area contributed by atoms with Gasteiger partial charge in [0.1, 0.15) is 6.04 Å². The number of nitrogens with one attached hydrogen (secondary N) is 2. The van der Waals surface area contributed by atoms with Crippen molar-refractivity contribution >= 4 is 34.1 Å². The van der Waals surface area contributed by atoms with Gasteiger partial charge in [0.2, 0.25) is 17.4 Å². The number of hydroxylamine groups is 2. The highest BCUT2D eigenvalue weighted by Crippen LogP contribution is 2.40. The molecule has 0 aromatic carbocycles. The third kappa shape index (κ3) is 2.54. The summed E-state index contributed by atoms with van der Waals surface area (Å²) in [6, 6.07) is -2.50. The molecule has 15 nitrogen and oxygen atoms in total. The number of nitrogens with zero attached hydrogens (tertiary/aromatic N) is 3. The van der Waals surface area contributed by atoms with Crippen molar-refractivity contribution in [2.24, 2.45) is 16.6 Å². The standard InChI is InChI=1S/C10H15N7O8S/c11-8-14-6-3(1-5(18)24-13)17(20)9(12)16-2-4(25-26(21,22)23)7(19)10(6,16)15-8/h3-4,6,12,20H,1-2,13H2,(H3,11,14,15)(H,21,22,23)/t3-,4-,6?,10?/m0/s1. The topological polar surface area (TPSA) is 234 Å². The molecule has 2 unspecified atom stereocenters. The maximum absolute atomic E-state index is 12.8. The SMILES string of the molecule is N=C1N(O)[C@@H](CC(=O)ON)C2N=C(N)NC23C(=O)[C@@H](OS(=O)(=O)O)CN13. The zero-order chi connectivity index (χ0) is 19.4. The fourth-order valence-electron chi connectivity index (χ4n) is 3.42. The van der Waals surface area contributed by atoms with Gasteiger partial charge in [0.25, 0.3) is 0 Å². The number of rotatable bonds is 4. The van der Waals surface area contributed by atoms with Crippen LogP contribution in [-0.2, 0) is 29.0 Å². The molecule has 3 aliphatic heterocycles. The van der Waals surface area contributed by atoms with Gasteiger partial charge in [-0.25, -0.2) is 14.2 Å². The Morgan fingerprint density at radius 1 is 1.54 bits per heavy atom. The minimum atomic E-state index is -4.98. The van der Waals surface area contributed by atoms with Crippen molar-refractivity contribution in [2.45, 2.75) is 30.3 Å². The number of nitrogens with two attached hydrogens (primary N) is 2. The summed E-state index contributed by atoms with van der Waals surface area (Å²) in [5, 5.41) is 21.2. The number of guanidine groups is 2. The fourth-order valence-corrected chi connectivity index (χ4v) is 3.86. The van der Waals surface area contributed by atoms with Gasteiger partial charge in [0.05, 0.1) is 19.0 Å². The van der Waals surface area contributed by atoms with E-state index in [1.807, 2.05) is 0 Å². The normalized spacial score (nSPS) is 33.5. The summed E-state index contributed by atoms with van der Waals surface area (Å²) in [6.45, 7) is -0.505. The second kappa shape index (κ2) is 5.74. The highest BCUT2D eigenvalue weighted by atomic mass is 32.3. The molecule has 1 spiro atoms. The molecule has 4 atom stereocenters. The van der Waals surface area contributed by atoms with Gasteiger partial charge in [0.15, 0.2) is 12.1 Å². The molecule has 0 bridgehead atoms. The Bertz CT molecular complexity index is 814. The Morgan fingerprint density at radius 2 is 2.19 bits per heavy atom. The molecule has 2 saturated heterocycles. The number of hydrogen-bond donors (Lipinski definition) is 6. The second-order valence-corrected chi connectivity index (χ2v) is 6.82. The minimum absolute atomic E-state index is 0.241. The van der Waals surface area contributed by atoms with Crippen molar-refractivity contribution in [3.63, 3.8) is 0 Å². The Labute approximate surface area is 145 Å². The van der Waals surface area contributed by atoms with Crippen LogP contribution >= 0.6 is 0 Å². The van der Waals surface area contributed by atoms with Crippen molar-refractivity contribution in [3.8, 4) is 0 Å². The van der Waals surface area contributed by atoms with Crippen LogP contribution in [0.2, 0.25) is 0 Å². The van der Waals surface area contributed by atoms with Gasteiger partial charge < -0.3 is 20.8 Å². The lowest BCUT2D eigenvalue weighted by Crippen LogP contribution is -2.75. The summed E-state index contributed by atoms with van der Waals surface area (Å²) in [4.78, 5) is 33.4. The van der Waals surface area contributed by atoms with Gasteiger partial charge in [-0.15, -0.1) is 0 Å². The van der Waals surface area contributed by atoms with Crippen LogP contribution in [0.4, 0.5) is 0 Å². The number of ketones is 1. The predicted molar refractivity (Wildman–Crippen MR) is 79.4 cm³/mol. The zero-order valence-corrected chi connectivity index (χ0v) is 13.7. The predicted octanol–water partition coefficient (Wildman–Crippen LogP) is -4.14. The molecule has 0 radical (unpaired) electrons. The number of aliphatic imine (C=N–C) groups is 1. The van der Waals surface area contributed by atoms with E-state index < -0.39 is 64.9 Å². The van der Waals surface area contributed by atoms with Crippen molar-refractivity contribution in [1.29, 1.82) is 5.41 Å². The van der Waals surface area contributed by atoms with Crippen molar-refractivity contribution in [3.05, 3.63) is 0 Å². The van der Waals surface area contributed by atoms with Crippen LogP contribution < -0.4 is 16.9 Å². The first-order valence-electron chi connectivity index (χ1n) is 7.06. The molecule has 8 N–H and O–H groups in total. The molecule has 0 amide bonds. The first-order chi connectivity index (χ1) is 12.0. The molecule has 16 heteroatoms. The fraction of sp³-hybridized carbons (Fsp3) is 0.600. The first kappa shape index (κ1) is 18.3. The molecule has 2 fully saturated rings. The van der Waals surface area contributed by atoms with E-state index in [1.165, 1.54) is 0 Å². The molecule has 3 aliphatic rings. The largest absolute Gasteiger partial charge is 0.398 e. The van der Waals surface area contributed by atoms with E-state index >= 15 is 0 Å². The number of carbonyl (C=O) groups excluding carboxylic acids is 2. The Hall–Kier alpha value is -2.53. The lowest BCUT2D eigenvalue weighted by Gasteiger charge is -2.49. The highest BCUT2D eigenvalue weighted by Gasteiger charge is 2.69. The van der Waals surface area contributed by atoms with Gasteiger partial charge in [-0.3, -0.25) is 24.8 Å². The van der Waals surface area contributed by atoms with E-state index in [2.05, 4.69) is 19.3 Å². The van der Waals surface area contributed by atoms with Gasteiger partial charge in [0, 0.05) is 0 Å². The van der Waals surface area contributed by atoms with Crippen LogP contribution in [0.25, 0.3) is 0 Å². The molecule has 26 heavy (non-hydrogen) atoms. The van der Waals surface area contributed by atoms with Crippen molar-refractivity contribution in [2.75, 3.05) is 6.54 Å². The van der Waals surface area contributed by atoms with Crippen LogP contribution in [0, 0.1) is 5.41 Å². The third-order valence-electron chi connectivity index (χ3n) is 4.36. The molecule has 0 aromatic rings. The van der Waals surface area contributed by atoms with Gasteiger partial charge in [-0.2, -0.15) is 14.3 Å². The zero-order valence-electron chi connectivity index (χ0n) is 12.9. The van der Waals surface area contributed by atoms with E-state index in [1.54, 1.807) is 0 Å². The monoisotopic (exact) mass is 393 g/mol. The lowest BCUT2D eigenvalue weighted by molar-refractivity contribution is -0.158. The van der Waals surface area contributed by atoms with E-state index in [0.29, 0.717) is 5.06 Å². The van der Waals surface area contributed by atoms with E-state index in [-0.39, 0.29) is 5.96 Å². The summed E-state index contributed by atoms with van der Waals surface area (Å²) in [5.74, 6) is 2.03. The Morgan fingerprint density at radius 3 is 2.77 bits per heavy atom. The third-order valence-corrected chi connectivity index (χ3v) is 4.84. The van der Waals surface area contributed by atoms with Crippen LogP contribution in [0.15, 0.2) is 4.99 Å². The van der Waals surface area contributed by atoms with E-state index in [0.717, 1.165) is 4.90 Å². The Balaban J connectivity index is 2.04. The van der Waals surface area contributed by atoms with Crippen molar-refractivity contribution < 1.29 is 36.8 Å². The van der Waals surface area contributed by atoms with Crippen LogP contribution in [0.5, 0.6) is 0 Å². The van der Waals surface area contributed by atoms with Gasteiger partial charge in [-0.1, -0.05) is 0 Å². The van der Waals surface area contributed by atoms with Crippen LogP contribution in [0.3, 0.4) is 0 Å². The summed E-state index contributed by atoms with van der Waals surface area (Å²) in [7, 11) is -4.98. The Kier molecular flexibility index (Phi) is 4.03. The van der Waals surface area contributed by atoms with E-state index in [9.17, 15) is 23.2 Å². The molecular formula is C10H15N7O8S. The highest BCUT2D eigenvalue weighted by molar-refractivity contribution is 7.80. The summed E-state index contributed by atoms with van der Waals surface area (Å²) in [6.07, 6.45) is -2.25. The molecule has 0 aliphatic carbocycles. The number of hydrogen-bond acceptors (Lipinski definition) is 12. The molecule has 3 heterocycles. The minimum Gasteiger partial charge on any atom is -0.373 e. The average molecular weight is 393 g/mol. The van der Waals surface area contributed by atoms with Crippen molar-refractivity contribution in [1.82, 2.24) is 15.3 Å². The van der Waals surface area contributed by atoms with Crippen LogP contribution in [-0.4, -0.2) is 82.2 Å².